The minimum absolute atomic E-state index is 0.0492. The number of rotatable bonds is 4. The molecule has 0 aromatic heterocycles. The van der Waals surface area contributed by atoms with Gasteiger partial charge in [0, 0.05) is 21.2 Å². The Bertz CT molecular complexity index is 621. The number of thioether (sulfide) groups is 1. The van der Waals surface area contributed by atoms with Crippen LogP contribution < -0.4 is 0 Å². The minimum atomic E-state index is -0.463. The van der Waals surface area contributed by atoms with E-state index in [0.29, 0.717) is 5.75 Å². The second kappa shape index (κ2) is 6.41. The molecule has 0 fully saturated rings. The Morgan fingerprint density at radius 1 is 1.26 bits per heavy atom. The van der Waals surface area contributed by atoms with Crippen LogP contribution in [0.3, 0.4) is 0 Å². The van der Waals surface area contributed by atoms with Gasteiger partial charge < -0.3 is 0 Å². The Kier molecular flexibility index (Phi) is 4.85. The SMILES string of the molecule is O=[N+]([O-])c1cc(CSc2ccccc2Br)ccc1Cl. The van der Waals surface area contributed by atoms with E-state index in [9.17, 15) is 10.1 Å². The highest BCUT2D eigenvalue weighted by Gasteiger charge is 2.12. The lowest BCUT2D eigenvalue weighted by molar-refractivity contribution is -0.384. The van der Waals surface area contributed by atoms with Crippen molar-refractivity contribution in [2.75, 3.05) is 0 Å². The van der Waals surface area contributed by atoms with Gasteiger partial charge in [0.05, 0.1) is 4.92 Å². The van der Waals surface area contributed by atoms with Gasteiger partial charge in [0.15, 0.2) is 0 Å². The summed E-state index contributed by atoms with van der Waals surface area (Å²) in [5, 5.41) is 11.0. The van der Waals surface area contributed by atoms with Gasteiger partial charge in [0.25, 0.3) is 5.69 Å². The standard InChI is InChI=1S/C13H9BrClNO2S/c14-10-3-1-2-4-13(10)19-8-9-5-6-11(15)12(7-9)16(17)18/h1-7H,8H2. The number of nitro benzene ring substituents is 1. The summed E-state index contributed by atoms with van der Waals surface area (Å²) in [7, 11) is 0. The predicted octanol–water partition coefficient (Wildman–Crippen LogP) is 5.30. The van der Waals surface area contributed by atoms with Crippen LogP contribution in [0.4, 0.5) is 5.69 Å². The first-order valence-corrected chi connectivity index (χ1v) is 7.54. The lowest BCUT2D eigenvalue weighted by Crippen LogP contribution is -1.91. The van der Waals surface area contributed by atoms with Crippen molar-refractivity contribution in [3.63, 3.8) is 0 Å². The molecule has 0 saturated heterocycles. The molecule has 2 aromatic rings. The highest BCUT2D eigenvalue weighted by molar-refractivity contribution is 9.10. The molecule has 0 radical (unpaired) electrons. The van der Waals surface area contributed by atoms with E-state index < -0.39 is 4.92 Å². The third-order valence-corrected chi connectivity index (χ3v) is 4.86. The molecule has 2 rings (SSSR count). The van der Waals surface area contributed by atoms with Crippen LogP contribution in [-0.4, -0.2) is 4.92 Å². The van der Waals surface area contributed by atoms with Crippen molar-refractivity contribution in [2.45, 2.75) is 10.6 Å². The number of halogens is 2. The van der Waals surface area contributed by atoms with Crippen LogP contribution in [0.15, 0.2) is 51.8 Å². The number of nitro groups is 1. The maximum absolute atomic E-state index is 10.8. The van der Waals surface area contributed by atoms with Gasteiger partial charge in [-0.05, 0) is 39.7 Å². The zero-order valence-electron chi connectivity index (χ0n) is 9.68. The van der Waals surface area contributed by atoms with E-state index in [-0.39, 0.29) is 10.7 Å². The van der Waals surface area contributed by atoms with E-state index in [2.05, 4.69) is 15.9 Å². The first kappa shape index (κ1) is 14.4. The highest BCUT2D eigenvalue weighted by atomic mass is 79.9. The Morgan fingerprint density at radius 3 is 2.68 bits per heavy atom. The van der Waals surface area contributed by atoms with Gasteiger partial charge in [-0.3, -0.25) is 10.1 Å². The van der Waals surface area contributed by atoms with Crippen LogP contribution in [-0.2, 0) is 5.75 Å². The summed E-state index contributed by atoms with van der Waals surface area (Å²) in [5.41, 5.74) is 0.823. The lowest BCUT2D eigenvalue weighted by Gasteiger charge is -2.04. The Hall–Kier alpha value is -1.04. The summed E-state index contributed by atoms with van der Waals surface area (Å²) in [6, 6.07) is 12.8. The van der Waals surface area contributed by atoms with Gasteiger partial charge in [-0.1, -0.05) is 29.8 Å². The maximum atomic E-state index is 10.8. The summed E-state index contributed by atoms with van der Waals surface area (Å²) >= 11 is 10.9. The third kappa shape index (κ3) is 3.72. The van der Waals surface area contributed by atoms with Gasteiger partial charge in [0.2, 0.25) is 0 Å². The molecule has 0 N–H and O–H groups in total. The van der Waals surface area contributed by atoms with Gasteiger partial charge in [-0.25, -0.2) is 0 Å². The predicted molar refractivity (Wildman–Crippen MR) is 81.8 cm³/mol. The van der Waals surface area contributed by atoms with Gasteiger partial charge in [-0.2, -0.15) is 0 Å². The van der Waals surface area contributed by atoms with Crippen LogP contribution in [0.1, 0.15) is 5.56 Å². The maximum Gasteiger partial charge on any atom is 0.288 e. The summed E-state index contributed by atoms with van der Waals surface area (Å²) in [6.07, 6.45) is 0. The molecule has 0 spiro atoms. The Labute approximate surface area is 128 Å². The first-order chi connectivity index (χ1) is 9.08. The molecule has 0 unspecified atom stereocenters. The molecular weight excluding hydrogens is 350 g/mol. The molecule has 19 heavy (non-hydrogen) atoms. The number of hydrogen-bond donors (Lipinski definition) is 0. The molecule has 0 saturated carbocycles. The molecule has 3 nitrogen and oxygen atoms in total. The molecule has 2 aromatic carbocycles. The zero-order chi connectivity index (χ0) is 13.8. The summed E-state index contributed by atoms with van der Waals surface area (Å²) in [4.78, 5) is 11.4. The van der Waals surface area contributed by atoms with E-state index in [1.807, 2.05) is 24.3 Å². The van der Waals surface area contributed by atoms with Crippen LogP contribution in [0.25, 0.3) is 0 Å². The van der Waals surface area contributed by atoms with Crippen LogP contribution >= 0.6 is 39.3 Å². The van der Waals surface area contributed by atoms with Crippen LogP contribution in [0, 0.1) is 10.1 Å². The summed E-state index contributed by atoms with van der Waals surface area (Å²) in [6.45, 7) is 0. The largest absolute Gasteiger partial charge is 0.288 e. The molecule has 0 aliphatic rings. The number of hydrogen-bond acceptors (Lipinski definition) is 3. The van der Waals surface area contributed by atoms with Crippen molar-refractivity contribution >= 4 is 45.0 Å². The molecule has 0 heterocycles. The second-order valence-electron chi connectivity index (χ2n) is 3.76. The normalized spacial score (nSPS) is 10.4. The van der Waals surface area contributed by atoms with Crippen molar-refractivity contribution in [2.24, 2.45) is 0 Å². The minimum Gasteiger partial charge on any atom is -0.258 e. The molecule has 98 valence electrons. The number of nitrogens with zero attached hydrogens (tertiary/aromatic N) is 1. The molecule has 0 aliphatic carbocycles. The lowest BCUT2D eigenvalue weighted by atomic mass is 10.2. The monoisotopic (exact) mass is 357 g/mol. The fourth-order valence-electron chi connectivity index (χ4n) is 1.51. The van der Waals surface area contributed by atoms with Crippen LogP contribution in [0.2, 0.25) is 5.02 Å². The fourth-order valence-corrected chi connectivity index (χ4v) is 3.21. The smallest absolute Gasteiger partial charge is 0.258 e. The molecule has 6 heteroatoms. The van der Waals surface area contributed by atoms with Gasteiger partial charge >= 0.3 is 0 Å². The first-order valence-electron chi connectivity index (χ1n) is 5.38. The third-order valence-electron chi connectivity index (χ3n) is 2.44. The Balaban J connectivity index is 2.14. The highest BCUT2D eigenvalue weighted by Crippen LogP contribution is 2.32. The average Bonchev–Trinajstić information content (AvgIpc) is 2.39. The number of benzene rings is 2. The van der Waals surface area contributed by atoms with E-state index in [4.69, 9.17) is 11.6 Å². The van der Waals surface area contributed by atoms with Crippen LogP contribution in [0.5, 0.6) is 0 Å². The molecular formula is C13H9BrClNO2S. The van der Waals surface area contributed by atoms with Gasteiger partial charge in [0.1, 0.15) is 5.02 Å². The van der Waals surface area contributed by atoms with Crippen molar-refractivity contribution in [3.05, 3.63) is 67.6 Å². The van der Waals surface area contributed by atoms with Crippen molar-refractivity contribution in [1.29, 1.82) is 0 Å². The van der Waals surface area contributed by atoms with E-state index >= 15 is 0 Å². The zero-order valence-corrected chi connectivity index (χ0v) is 12.8. The Morgan fingerprint density at radius 2 is 2.00 bits per heavy atom. The average molecular weight is 359 g/mol. The summed E-state index contributed by atoms with van der Waals surface area (Å²) < 4.78 is 1.02. The van der Waals surface area contributed by atoms with E-state index in [1.165, 1.54) is 6.07 Å². The fraction of sp³-hybridized carbons (Fsp3) is 0.0769. The van der Waals surface area contributed by atoms with Crippen molar-refractivity contribution in [3.8, 4) is 0 Å². The van der Waals surface area contributed by atoms with Crippen molar-refractivity contribution < 1.29 is 4.92 Å². The second-order valence-corrected chi connectivity index (χ2v) is 6.04. The van der Waals surface area contributed by atoms with E-state index in [1.54, 1.807) is 23.9 Å². The quantitative estimate of drug-likeness (QED) is 0.423. The molecule has 0 bridgehead atoms. The van der Waals surface area contributed by atoms with E-state index in [0.717, 1.165) is 14.9 Å². The molecule has 0 atom stereocenters. The topological polar surface area (TPSA) is 43.1 Å². The van der Waals surface area contributed by atoms with Crippen molar-refractivity contribution in [1.82, 2.24) is 0 Å². The molecule has 0 amide bonds. The summed E-state index contributed by atoms with van der Waals surface area (Å²) in [5.74, 6) is 0.653. The van der Waals surface area contributed by atoms with Gasteiger partial charge in [-0.15, -0.1) is 11.8 Å². The molecule has 0 aliphatic heterocycles.